The summed E-state index contributed by atoms with van der Waals surface area (Å²) in [6, 6.07) is 0. The molecule has 0 aromatic heterocycles. The molecule has 0 aromatic carbocycles. The maximum Gasteiger partial charge on any atom is 0.0309 e. The summed E-state index contributed by atoms with van der Waals surface area (Å²) in [4.78, 5) is 0. The molecule has 0 nitrogen and oxygen atoms in total. The lowest BCUT2D eigenvalue weighted by atomic mass is 10.0. The maximum absolute atomic E-state index is 2.58. The summed E-state index contributed by atoms with van der Waals surface area (Å²) in [5.41, 5.74) is 0. The Balaban J connectivity index is 3.78. The summed E-state index contributed by atoms with van der Waals surface area (Å²) in [6.45, 7) is 6.88. The third-order valence-corrected chi connectivity index (χ3v) is 6.59. The summed E-state index contributed by atoms with van der Waals surface area (Å²) < 4.78 is 1.34. The zero-order chi connectivity index (χ0) is 8.20. The van der Waals surface area contributed by atoms with Crippen LogP contribution in [0.2, 0.25) is 0 Å². The van der Waals surface area contributed by atoms with Gasteiger partial charge in [-0.25, -0.2) is 0 Å². The van der Waals surface area contributed by atoms with Gasteiger partial charge in [0.15, 0.2) is 0 Å². The molecule has 0 fully saturated rings. The van der Waals surface area contributed by atoms with Gasteiger partial charge in [-0.15, -0.1) is 0 Å². The molecule has 0 bridgehead atoms. The summed E-state index contributed by atoms with van der Waals surface area (Å²) in [7, 11) is 0. The van der Waals surface area contributed by atoms with Gasteiger partial charge < -0.3 is 0 Å². The highest BCUT2D eigenvalue weighted by atomic mass is 127. The van der Waals surface area contributed by atoms with Crippen molar-refractivity contribution in [2.75, 3.05) is 0 Å². The molecule has 0 radical (unpaired) electrons. The van der Waals surface area contributed by atoms with Gasteiger partial charge in [0.25, 0.3) is 0 Å². The number of alkyl halides is 2. The lowest BCUT2D eigenvalue weighted by Gasteiger charge is -2.26. The van der Waals surface area contributed by atoms with Gasteiger partial charge in [0.2, 0.25) is 0 Å². The predicted molar refractivity (Wildman–Crippen MR) is 65.4 cm³/mol. The monoisotopic (exact) mass is 366 g/mol. The first kappa shape index (κ1) is 11.5. The normalized spacial score (nSPS) is 20.1. The topological polar surface area (TPSA) is 0 Å². The van der Waals surface area contributed by atoms with E-state index < -0.39 is 0 Å². The molecule has 0 spiro atoms. The molecule has 0 aliphatic heterocycles. The first-order valence-corrected chi connectivity index (χ1v) is 6.20. The lowest BCUT2D eigenvalue weighted by Crippen LogP contribution is -2.26. The van der Waals surface area contributed by atoms with Crippen molar-refractivity contribution in [2.24, 2.45) is 0 Å². The molecule has 0 rings (SSSR count). The zero-order valence-corrected chi connectivity index (χ0v) is 11.3. The van der Waals surface area contributed by atoms with Crippen LogP contribution in [-0.4, -0.2) is 7.35 Å². The Labute approximate surface area is 91.8 Å². The molecule has 0 saturated heterocycles. The van der Waals surface area contributed by atoms with E-state index in [1.54, 1.807) is 0 Å². The van der Waals surface area contributed by atoms with Crippen LogP contribution in [0.15, 0.2) is 0 Å². The number of rotatable bonds is 4. The first-order chi connectivity index (χ1) is 4.54. The van der Waals surface area contributed by atoms with Crippen LogP contribution in [0.5, 0.6) is 0 Å². The molecule has 0 aliphatic rings. The SMILES string of the molecule is CCCC(I)C(C)(I)CC. The molecule has 0 aromatic rings. The summed E-state index contributed by atoms with van der Waals surface area (Å²) in [5, 5.41) is 0. The molecule has 62 valence electrons. The van der Waals surface area contributed by atoms with Crippen molar-refractivity contribution >= 4 is 45.2 Å². The van der Waals surface area contributed by atoms with Gasteiger partial charge in [0.05, 0.1) is 0 Å². The highest BCUT2D eigenvalue weighted by Crippen LogP contribution is 2.34. The summed E-state index contributed by atoms with van der Waals surface area (Å²) in [6.07, 6.45) is 3.95. The molecular formula is C8H16I2. The van der Waals surface area contributed by atoms with E-state index in [2.05, 4.69) is 66.0 Å². The molecule has 0 N–H and O–H groups in total. The largest absolute Gasteiger partial charge is 0.0812 e. The van der Waals surface area contributed by atoms with Gasteiger partial charge in [0.1, 0.15) is 0 Å². The Bertz CT molecular complexity index is 89.3. The van der Waals surface area contributed by atoms with Crippen molar-refractivity contribution < 1.29 is 0 Å². The van der Waals surface area contributed by atoms with Crippen molar-refractivity contribution in [2.45, 2.75) is 47.4 Å². The van der Waals surface area contributed by atoms with Crippen LogP contribution in [0.1, 0.15) is 40.0 Å². The fourth-order valence-corrected chi connectivity index (χ4v) is 2.15. The molecule has 2 atom stereocenters. The smallest absolute Gasteiger partial charge is 0.0309 e. The van der Waals surface area contributed by atoms with Gasteiger partial charge in [-0.05, 0) is 19.8 Å². The van der Waals surface area contributed by atoms with Crippen LogP contribution in [0.4, 0.5) is 0 Å². The number of hydrogen-bond donors (Lipinski definition) is 0. The van der Waals surface area contributed by atoms with Crippen LogP contribution < -0.4 is 0 Å². The second kappa shape index (κ2) is 5.17. The van der Waals surface area contributed by atoms with E-state index in [0.29, 0.717) is 3.42 Å². The van der Waals surface area contributed by atoms with Gasteiger partial charge in [-0.1, -0.05) is 65.5 Å². The maximum atomic E-state index is 2.58. The Morgan fingerprint density at radius 2 is 1.90 bits per heavy atom. The molecular weight excluding hydrogens is 350 g/mol. The second-order valence-electron chi connectivity index (χ2n) is 2.89. The van der Waals surface area contributed by atoms with Crippen molar-refractivity contribution in [3.63, 3.8) is 0 Å². The summed E-state index contributed by atoms with van der Waals surface area (Å²) in [5.74, 6) is 0. The molecule has 0 aliphatic carbocycles. The minimum Gasteiger partial charge on any atom is -0.0812 e. The fourth-order valence-electron chi connectivity index (χ4n) is 0.776. The molecule has 0 heterocycles. The van der Waals surface area contributed by atoms with Gasteiger partial charge in [-0.2, -0.15) is 0 Å². The van der Waals surface area contributed by atoms with Crippen molar-refractivity contribution in [1.29, 1.82) is 0 Å². The lowest BCUT2D eigenvalue weighted by molar-refractivity contribution is 0.594. The minimum atomic E-state index is 0.508. The Kier molecular flexibility index (Phi) is 5.92. The average Bonchev–Trinajstić information content (AvgIpc) is 1.89. The highest BCUT2D eigenvalue weighted by Gasteiger charge is 2.25. The second-order valence-corrected chi connectivity index (χ2v) is 6.86. The third kappa shape index (κ3) is 3.74. The highest BCUT2D eigenvalue weighted by molar-refractivity contribution is 14.1. The number of hydrogen-bond acceptors (Lipinski definition) is 0. The van der Waals surface area contributed by atoms with Crippen molar-refractivity contribution in [3.05, 3.63) is 0 Å². The van der Waals surface area contributed by atoms with E-state index in [1.807, 2.05) is 0 Å². The van der Waals surface area contributed by atoms with E-state index >= 15 is 0 Å². The van der Waals surface area contributed by atoms with Gasteiger partial charge >= 0.3 is 0 Å². The van der Waals surface area contributed by atoms with Crippen molar-refractivity contribution in [1.82, 2.24) is 0 Å². The first-order valence-electron chi connectivity index (χ1n) is 3.87. The van der Waals surface area contributed by atoms with Gasteiger partial charge in [0, 0.05) is 7.35 Å². The minimum absolute atomic E-state index is 0.508. The fraction of sp³-hybridized carbons (Fsp3) is 1.00. The molecule has 0 saturated carbocycles. The van der Waals surface area contributed by atoms with E-state index in [4.69, 9.17) is 0 Å². The molecule has 2 heteroatoms. The molecule has 10 heavy (non-hydrogen) atoms. The van der Waals surface area contributed by atoms with Crippen LogP contribution in [0, 0.1) is 0 Å². The zero-order valence-electron chi connectivity index (χ0n) is 6.95. The van der Waals surface area contributed by atoms with Crippen molar-refractivity contribution in [3.8, 4) is 0 Å². The van der Waals surface area contributed by atoms with E-state index in [0.717, 1.165) is 3.92 Å². The predicted octanol–water partition coefficient (Wildman–Crippen LogP) is 4.19. The Hall–Kier alpha value is 1.46. The van der Waals surface area contributed by atoms with Gasteiger partial charge in [-0.3, -0.25) is 0 Å². The van der Waals surface area contributed by atoms with E-state index in [9.17, 15) is 0 Å². The van der Waals surface area contributed by atoms with Crippen LogP contribution in [-0.2, 0) is 0 Å². The van der Waals surface area contributed by atoms with Crippen LogP contribution in [0.3, 0.4) is 0 Å². The van der Waals surface area contributed by atoms with E-state index in [1.165, 1.54) is 19.3 Å². The molecule has 0 amide bonds. The van der Waals surface area contributed by atoms with E-state index in [-0.39, 0.29) is 0 Å². The van der Waals surface area contributed by atoms with Crippen LogP contribution in [0.25, 0.3) is 0 Å². The summed E-state index contributed by atoms with van der Waals surface area (Å²) >= 11 is 5.16. The van der Waals surface area contributed by atoms with Crippen LogP contribution >= 0.6 is 45.2 Å². The average molecular weight is 366 g/mol. The Morgan fingerprint density at radius 1 is 1.40 bits per heavy atom. The third-order valence-electron chi connectivity index (χ3n) is 1.89. The standard InChI is InChI=1S/C8H16I2/c1-4-6-7(9)8(3,10)5-2/h7H,4-6H2,1-3H3. The Morgan fingerprint density at radius 3 is 2.20 bits per heavy atom. The molecule has 2 unspecified atom stereocenters. The number of halogens is 2. The quantitative estimate of drug-likeness (QED) is 0.517.